The molecule has 4 heteroatoms. The van der Waals surface area contributed by atoms with Gasteiger partial charge in [0.25, 0.3) is 0 Å². The summed E-state index contributed by atoms with van der Waals surface area (Å²) in [6, 6.07) is 0.167. The van der Waals surface area contributed by atoms with Crippen molar-refractivity contribution < 1.29 is 9.59 Å². The van der Waals surface area contributed by atoms with Crippen LogP contribution in [0.5, 0.6) is 0 Å². The molecule has 4 nitrogen and oxygen atoms in total. The van der Waals surface area contributed by atoms with Gasteiger partial charge in [-0.15, -0.1) is 0 Å². The van der Waals surface area contributed by atoms with Crippen molar-refractivity contribution in [1.29, 1.82) is 0 Å². The van der Waals surface area contributed by atoms with Crippen LogP contribution in [0.25, 0.3) is 0 Å². The highest BCUT2D eigenvalue weighted by Crippen LogP contribution is 2.25. The van der Waals surface area contributed by atoms with Gasteiger partial charge in [-0.2, -0.15) is 0 Å². The van der Waals surface area contributed by atoms with Crippen molar-refractivity contribution in [2.75, 3.05) is 6.54 Å². The molecule has 0 saturated carbocycles. The van der Waals surface area contributed by atoms with Crippen LogP contribution in [0.4, 0.5) is 0 Å². The Morgan fingerprint density at radius 2 is 2.00 bits per heavy atom. The lowest BCUT2D eigenvalue weighted by Crippen LogP contribution is -2.39. The number of likely N-dealkylation sites (tertiary alicyclic amines) is 1. The maximum atomic E-state index is 11.3. The molecule has 0 aliphatic carbocycles. The molecule has 0 aromatic heterocycles. The van der Waals surface area contributed by atoms with Crippen LogP contribution in [-0.4, -0.2) is 35.2 Å². The van der Waals surface area contributed by atoms with E-state index in [0.29, 0.717) is 13.0 Å². The van der Waals surface area contributed by atoms with Gasteiger partial charge in [-0.25, -0.2) is 0 Å². The third-order valence-corrected chi connectivity index (χ3v) is 2.87. The second-order valence-corrected chi connectivity index (χ2v) is 4.25. The van der Waals surface area contributed by atoms with Gasteiger partial charge in [-0.3, -0.25) is 14.5 Å². The average molecular weight is 198 g/mol. The standard InChI is InChI=1S/C10H18N2O2/c1-6(2)12-5-8(10(11)14)4-9(12)7(3)13/h6,8-9H,4-5H2,1-3H3,(H2,11,14). The summed E-state index contributed by atoms with van der Waals surface area (Å²) in [5, 5.41) is 0. The van der Waals surface area contributed by atoms with Crippen LogP contribution in [0.15, 0.2) is 0 Å². The number of nitrogens with zero attached hydrogens (tertiary/aromatic N) is 1. The lowest BCUT2D eigenvalue weighted by molar-refractivity contribution is -0.121. The molecule has 80 valence electrons. The minimum atomic E-state index is -0.292. The average Bonchev–Trinajstić information content (AvgIpc) is 2.47. The highest BCUT2D eigenvalue weighted by Gasteiger charge is 2.38. The van der Waals surface area contributed by atoms with E-state index in [1.165, 1.54) is 0 Å². The Morgan fingerprint density at radius 1 is 1.43 bits per heavy atom. The maximum Gasteiger partial charge on any atom is 0.221 e. The summed E-state index contributed by atoms with van der Waals surface area (Å²) < 4.78 is 0. The Hall–Kier alpha value is -0.900. The topological polar surface area (TPSA) is 63.4 Å². The number of primary amides is 1. The van der Waals surface area contributed by atoms with Crippen molar-refractivity contribution >= 4 is 11.7 Å². The summed E-state index contributed by atoms with van der Waals surface area (Å²) in [5.41, 5.74) is 5.25. The SMILES string of the molecule is CC(=O)C1CC(C(N)=O)CN1C(C)C. The Kier molecular flexibility index (Phi) is 3.26. The van der Waals surface area contributed by atoms with E-state index in [4.69, 9.17) is 5.73 Å². The van der Waals surface area contributed by atoms with Crippen molar-refractivity contribution in [3.63, 3.8) is 0 Å². The zero-order valence-electron chi connectivity index (χ0n) is 8.99. The molecule has 2 atom stereocenters. The van der Waals surface area contributed by atoms with Gasteiger partial charge in [0.1, 0.15) is 5.78 Å². The number of hydrogen-bond acceptors (Lipinski definition) is 3. The molecular weight excluding hydrogens is 180 g/mol. The monoisotopic (exact) mass is 198 g/mol. The van der Waals surface area contributed by atoms with Gasteiger partial charge in [0.05, 0.1) is 12.0 Å². The molecule has 0 aromatic rings. The molecule has 1 fully saturated rings. The Bertz CT molecular complexity index is 251. The van der Waals surface area contributed by atoms with E-state index >= 15 is 0 Å². The fraction of sp³-hybridized carbons (Fsp3) is 0.800. The van der Waals surface area contributed by atoms with Gasteiger partial charge in [-0.1, -0.05) is 0 Å². The van der Waals surface area contributed by atoms with E-state index in [0.717, 1.165) is 0 Å². The Morgan fingerprint density at radius 3 is 2.29 bits per heavy atom. The van der Waals surface area contributed by atoms with Gasteiger partial charge in [0, 0.05) is 12.6 Å². The molecule has 2 N–H and O–H groups in total. The molecule has 0 radical (unpaired) electrons. The van der Waals surface area contributed by atoms with Crippen molar-refractivity contribution in [2.45, 2.75) is 39.3 Å². The van der Waals surface area contributed by atoms with Crippen LogP contribution >= 0.6 is 0 Å². The molecule has 0 spiro atoms. The van der Waals surface area contributed by atoms with Gasteiger partial charge in [0.15, 0.2) is 0 Å². The smallest absolute Gasteiger partial charge is 0.221 e. The lowest BCUT2D eigenvalue weighted by Gasteiger charge is -2.26. The lowest BCUT2D eigenvalue weighted by atomic mass is 10.0. The van der Waals surface area contributed by atoms with Gasteiger partial charge >= 0.3 is 0 Å². The number of ketones is 1. The number of Topliss-reactive ketones (excluding diaryl/α,β-unsaturated/α-hetero) is 1. The highest BCUT2D eigenvalue weighted by molar-refractivity contribution is 5.84. The summed E-state index contributed by atoms with van der Waals surface area (Å²) in [6.45, 7) is 6.25. The van der Waals surface area contributed by atoms with Gasteiger partial charge < -0.3 is 5.73 Å². The summed E-state index contributed by atoms with van der Waals surface area (Å²) in [7, 11) is 0. The molecule has 0 aromatic carbocycles. The first-order chi connectivity index (χ1) is 6.43. The first kappa shape index (κ1) is 11.2. The van der Waals surface area contributed by atoms with E-state index < -0.39 is 0 Å². The number of hydrogen-bond donors (Lipinski definition) is 1. The predicted octanol–water partition coefficient (Wildman–Crippen LogP) is 0.160. The molecule has 1 aliphatic rings. The number of amides is 1. The van der Waals surface area contributed by atoms with Crippen LogP contribution in [0, 0.1) is 5.92 Å². The zero-order valence-corrected chi connectivity index (χ0v) is 8.99. The molecule has 1 aliphatic heterocycles. The molecule has 1 heterocycles. The van der Waals surface area contributed by atoms with E-state index in [2.05, 4.69) is 4.90 Å². The van der Waals surface area contributed by atoms with E-state index in [1.807, 2.05) is 13.8 Å². The van der Waals surface area contributed by atoms with E-state index in [9.17, 15) is 9.59 Å². The molecule has 1 rings (SSSR count). The number of carbonyl (C=O) groups excluding carboxylic acids is 2. The quantitative estimate of drug-likeness (QED) is 0.702. The molecule has 1 saturated heterocycles. The van der Waals surface area contributed by atoms with Crippen LogP contribution in [-0.2, 0) is 9.59 Å². The molecular formula is C10H18N2O2. The summed E-state index contributed by atoms with van der Waals surface area (Å²) in [4.78, 5) is 24.4. The summed E-state index contributed by atoms with van der Waals surface area (Å²) >= 11 is 0. The number of carbonyl (C=O) groups is 2. The minimum Gasteiger partial charge on any atom is -0.369 e. The van der Waals surface area contributed by atoms with E-state index in [1.54, 1.807) is 6.92 Å². The molecule has 0 bridgehead atoms. The fourth-order valence-corrected chi connectivity index (χ4v) is 2.04. The second kappa shape index (κ2) is 4.09. The van der Waals surface area contributed by atoms with Crippen LogP contribution in [0.2, 0.25) is 0 Å². The van der Waals surface area contributed by atoms with Crippen molar-refractivity contribution in [3.8, 4) is 0 Å². The fourth-order valence-electron chi connectivity index (χ4n) is 2.04. The first-order valence-electron chi connectivity index (χ1n) is 4.99. The highest BCUT2D eigenvalue weighted by atomic mass is 16.1. The third-order valence-electron chi connectivity index (χ3n) is 2.87. The van der Waals surface area contributed by atoms with Crippen LogP contribution in [0.1, 0.15) is 27.2 Å². The maximum absolute atomic E-state index is 11.3. The normalized spacial score (nSPS) is 28.3. The Balaban J connectivity index is 2.75. The van der Waals surface area contributed by atoms with Gasteiger partial charge in [-0.05, 0) is 27.2 Å². The Labute approximate surface area is 84.4 Å². The number of nitrogens with two attached hydrogens (primary N) is 1. The largest absolute Gasteiger partial charge is 0.369 e. The molecule has 2 unspecified atom stereocenters. The van der Waals surface area contributed by atoms with Crippen molar-refractivity contribution in [3.05, 3.63) is 0 Å². The summed E-state index contributed by atoms with van der Waals surface area (Å²) in [6.07, 6.45) is 0.586. The van der Waals surface area contributed by atoms with Crippen LogP contribution < -0.4 is 5.73 Å². The van der Waals surface area contributed by atoms with Crippen LogP contribution in [0.3, 0.4) is 0 Å². The second-order valence-electron chi connectivity index (χ2n) is 4.25. The first-order valence-corrected chi connectivity index (χ1v) is 4.99. The minimum absolute atomic E-state index is 0.118. The molecule has 14 heavy (non-hydrogen) atoms. The zero-order chi connectivity index (χ0) is 10.9. The van der Waals surface area contributed by atoms with E-state index in [-0.39, 0.29) is 29.7 Å². The van der Waals surface area contributed by atoms with Crippen molar-refractivity contribution in [2.24, 2.45) is 11.7 Å². The summed E-state index contributed by atoms with van der Waals surface area (Å²) in [5.74, 6) is -0.326. The van der Waals surface area contributed by atoms with Crippen molar-refractivity contribution in [1.82, 2.24) is 4.90 Å². The third kappa shape index (κ3) is 2.12. The van der Waals surface area contributed by atoms with Gasteiger partial charge in [0.2, 0.25) is 5.91 Å². The predicted molar refractivity (Wildman–Crippen MR) is 53.6 cm³/mol. The molecule has 1 amide bonds. The number of rotatable bonds is 3.